The van der Waals surface area contributed by atoms with Crippen LogP contribution in [0, 0.1) is 0 Å². The topological polar surface area (TPSA) is 85.4 Å². The minimum absolute atomic E-state index is 0.108. The number of nitrogens with one attached hydrogen (secondary N) is 1. The Bertz CT molecular complexity index is 1070. The van der Waals surface area contributed by atoms with Crippen molar-refractivity contribution in [2.24, 2.45) is 0 Å². The van der Waals surface area contributed by atoms with Gasteiger partial charge in [-0.05, 0) is 30.7 Å². The molecule has 30 heavy (non-hydrogen) atoms. The molecule has 5 rings (SSSR count). The fourth-order valence-corrected chi connectivity index (χ4v) is 4.37. The lowest BCUT2D eigenvalue weighted by Gasteiger charge is -2.35. The molecule has 1 N–H and O–H groups in total. The summed E-state index contributed by atoms with van der Waals surface area (Å²) in [4.78, 5) is 43.4. The van der Waals surface area contributed by atoms with Crippen molar-refractivity contribution in [1.29, 1.82) is 0 Å². The Balaban J connectivity index is 1.16. The Labute approximate surface area is 174 Å². The van der Waals surface area contributed by atoms with Crippen LogP contribution >= 0.6 is 0 Å². The van der Waals surface area contributed by atoms with Crippen LogP contribution in [0.3, 0.4) is 0 Å². The highest BCUT2D eigenvalue weighted by atomic mass is 16.2. The molecule has 0 atom stereocenters. The number of aromatic nitrogens is 3. The minimum Gasteiger partial charge on any atom is -0.350 e. The van der Waals surface area contributed by atoms with E-state index in [1.165, 1.54) is 4.90 Å². The molecule has 2 aromatic heterocycles. The standard InChI is InChI=1S/C22H24N6O2/c29-19-15-17-16-5-1-2-6-18(16)25-20(17)21(30)28(19)10-4-9-26-11-13-27(14-12-26)22-23-7-3-8-24-22/h1-3,5-8,25H,4,9-15H2. The first-order chi connectivity index (χ1) is 14.7. The highest BCUT2D eigenvalue weighted by molar-refractivity contribution is 6.12. The maximum atomic E-state index is 12.9. The SMILES string of the molecule is O=C1Cc2c([nH]c3ccccc23)C(=O)N1CCCN1CCN(c2ncccn2)CC1. The van der Waals surface area contributed by atoms with E-state index in [1.807, 2.05) is 30.3 Å². The number of imide groups is 1. The number of piperazine rings is 1. The normalized spacial score (nSPS) is 17.6. The molecule has 0 bridgehead atoms. The maximum Gasteiger partial charge on any atom is 0.277 e. The predicted molar refractivity (Wildman–Crippen MR) is 113 cm³/mol. The van der Waals surface area contributed by atoms with Crippen molar-refractivity contribution in [3.05, 3.63) is 54.0 Å². The van der Waals surface area contributed by atoms with Gasteiger partial charge in [-0.3, -0.25) is 19.4 Å². The Morgan fingerprint density at radius 2 is 1.70 bits per heavy atom. The van der Waals surface area contributed by atoms with E-state index in [1.54, 1.807) is 12.4 Å². The number of carbonyl (C=O) groups excluding carboxylic acids is 2. The Morgan fingerprint density at radius 3 is 2.50 bits per heavy atom. The van der Waals surface area contributed by atoms with Crippen LogP contribution in [0.25, 0.3) is 10.9 Å². The molecule has 2 aliphatic heterocycles. The zero-order valence-corrected chi connectivity index (χ0v) is 16.8. The first kappa shape index (κ1) is 18.7. The lowest BCUT2D eigenvalue weighted by Crippen LogP contribution is -2.48. The van der Waals surface area contributed by atoms with Crippen molar-refractivity contribution >= 4 is 28.7 Å². The van der Waals surface area contributed by atoms with E-state index in [4.69, 9.17) is 0 Å². The Hall–Kier alpha value is -3.26. The number of hydrogen-bond donors (Lipinski definition) is 1. The van der Waals surface area contributed by atoms with Crippen LogP contribution in [-0.4, -0.2) is 75.8 Å². The quantitative estimate of drug-likeness (QED) is 0.652. The lowest BCUT2D eigenvalue weighted by atomic mass is 10.0. The van der Waals surface area contributed by atoms with Gasteiger partial charge in [-0.1, -0.05) is 18.2 Å². The van der Waals surface area contributed by atoms with Gasteiger partial charge in [-0.15, -0.1) is 0 Å². The number of anilines is 1. The predicted octanol–water partition coefficient (Wildman–Crippen LogP) is 1.70. The van der Waals surface area contributed by atoms with Gasteiger partial charge in [-0.25, -0.2) is 9.97 Å². The first-order valence-electron chi connectivity index (χ1n) is 10.4. The van der Waals surface area contributed by atoms with Crippen LogP contribution in [0.1, 0.15) is 22.5 Å². The zero-order chi connectivity index (χ0) is 20.5. The van der Waals surface area contributed by atoms with Crippen LogP contribution in [0.4, 0.5) is 5.95 Å². The van der Waals surface area contributed by atoms with E-state index in [9.17, 15) is 9.59 Å². The summed E-state index contributed by atoms with van der Waals surface area (Å²) in [6.45, 7) is 4.92. The van der Waals surface area contributed by atoms with Crippen LogP contribution < -0.4 is 4.90 Å². The molecule has 2 aliphatic rings. The van der Waals surface area contributed by atoms with E-state index in [-0.39, 0.29) is 18.2 Å². The third-order valence-corrected chi connectivity index (χ3v) is 5.97. The second-order valence-corrected chi connectivity index (χ2v) is 7.78. The molecule has 1 saturated heterocycles. The number of fused-ring (bicyclic) bond motifs is 3. The van der Waals surface area contributed by atoms with Crippen molar-refractivity contribution in [3.63, 3.8) is 0 Å². The van der Waals surface area contributed by atoms with E-state index < -0.39 is 0 Å². The Morgan fingerprint density at radius 1 is 0.933 bits per heavy atom. The number of aromatic amines is 1. The molecule has 0 aliphatic carbocycles. The van der Waals surface area contributed by atoms with E-state index in [0.717, 1.165) is 61.6 Å². The third-order valence-electron chi connectivity index (χ3n) is 5.97. The number of carbonyl (C=O) groups is 2. The third kappa shape index (κ3) is 3.43. The summed E-state index contributed by atoms with van der Waals surface area (Å²) in [5.74, 6) is 0.461. The van der Waals surface area contributed by atoms with Gasteiger partial charge in [0, 0.05) is 56.0 Å². The number of para-hydroxylation sites is 1. The highest BCUT2D eigenvalue weighted by Crippen LogP contribution is 2.28. The molecule has 0 radical (unpaired) electrons. The summed E-state index contributed by atoms with van der Waals surface area (Å²) in [5, 5.41) is 0.967. The number of benzene rings is 1. The fraction of sp³-hybridized carbons (Fsp3) is 0.364. The summed E-state index contributed by atoms with van der Waals surface area (Å²) in [6.07, 6.45) is 4.58. The van der Waals surface area contributed by atoms with Crippen molar-refractivity contribution in [2.75, 3.05) is 44.2 Å². The number of amides is 2. The molecule has 8 heteroatoms. The van der Waals surface area contributed by atoms with Crippen molar-refractivity contribution in [3.8, 4) is 0 Å². The molecular weight excluding hydrogens is 380 g/mol. The van der Waals surface area contributed by atoms with Crippen LogP contribution in [0.15, 0.2) is 42.7 Å². The molecule has 1 fully saturated rings. The second-order valence-electron chi connectivity index (χ2n) is 7.78. The van der Waals surface area contributed by atoms with Gasteiger partial charge in [0.25, 0.3) is 5.91 Å². The van der Waals surface area contributed by atoms with Gasteiger partial charge in [0.1, 0.15) is 5.69 Å². The molecular formula is C22H24N6O2. The van der Waals surface area contributed by atoms with Crippen LogP contribution in [0.2, 0.25) is 0 Å². The average Bonchev–Trinajstić information content (AvgIpc) is 3.16. The van der Waals surface area contributed by atoms with E-state index in [0.29, 0.717) is 12.2 Å². The fourth-order valence-electron chi connectivity index (χ4n) is 4.37. The largest absolute Gasteiger partial charge is 0.350 e. The molecule has 2 amide bonds. The van der Waals surface area contributed by atoms with Crippen LogP contribution in [0.5, 0.6) is 0 Å². The molecule has 3 aromatic rings. The number of rotatable bonds is 5. The molecule has 154 valence electrons. The molecule has 4 heterocycles. The van der Waals surface area contributed by atoms with Crippen LogP contribution in [-0.2, 0) is 11.2 Å². The Kier molecular flexibility index (Phi) is 4.92. The second kappa shape index (κ2) is 7.87. The van der Waals surface area contributed by atoms with E-state index >= 15 is 0 Å². The number of nitrogens with zero attached hydrogens (tertiary/aromatic N) is 5. The summed E-state index contributed by atoms with van der Waals surface area (Å²) in [7, 11) is 0. The van der Waals surface area contributed by atoms with Gasteiger partial charge in [0.05, 0.1) is 6.42 Å². The number of H-pyrrole nitrogens is 1. The summed E-state index contributed by atoms with van der Waals surface area (Å²) in [6, 6.07) is 9.58. The van der Waals surface area contributed by atoms with Crippen molar-refractivity contribution < 1.29 is 9.59 Å². The van der Waals surface area contributed by atoms with Gasteiger partial charge in [0.15, 0.2) is 0 Å². The summed E-state index contributed by atoms with van der Waals surface area (Å²) >= 11 is 0. The zero-order valence-electron chi connectivity index (χ0n) is 16.8. The smallest absolute Gasteiger partial charge is 0.277 e. The average molecular weight is 404 g/mol. The molecule has 8 nitrogen and oxygen atoms in total. The van der Waals surface area contributed by atoms with Gasteiger partial charge < -0.3 is 9.88 Å². The van der Waals surface area contributed by atoms with Crippen molar-refractivity contribution in [1.82, 2.24) is 24.8 Å². The lowest BCUT2D eigenvalue weighted by molar-refractivity contribution is -0.128. The highest BCUT2D eigenvalue weighted by Gasteiger charge is 2.33. The van der Waals surface area contributed by atoms with Gasteiger partial charge >= 0.3 is 0 Å². The summed E-state index contributed by atoms with van der Waals surface area (Å²) < 4.78 is 0. The maximum absolute atomic E-state index is 12.9. The molecule has 0 spiro atoms. The molecule has 0 unspecified atom stereocenters. The number of hydrogen-bond acceptors (Lipinski definition) is 6. The minimum atomic E-state index is -0.205. The first-order valence-corrected chi connectivity index (χ1v) is 10.4. The molecule has 0 saturated carbocycles. The van der Waals surface area contributed by atoms with Crippen molar-refractivity contribution in [2.45, 2.75) is 12.8 Å². The van der Waals surface area contributed by atoms with Gasteiger partial charge in [0.2, 0.25) is 11.9 Å². The monoisotopic (exact) mass is 404 g/mol. The molecule has 1 aromatic carbocycles. The van der Waals surface area contributed by atoms with E-state index in [2.05, 4.69) is 24.8 Å². The van der Waals surface area contributed by atoms with Gasteiger partial charge in [-0.2, -0.15) is 0 Å². The summed E-state index contributed by atoms with van der Waals surface area (Å²) in [5.41, 5.74) is 2.30.